The summed E-state index contributed by atoms with van der Waals surface area (Å²) in [5, 5.41) is 16.4. The Bertz CT molecular complexity index is 687. The van der Waals surface area contributed by atoms with Gasteiger partial charge in [-0.25, -0.2) is 9.59 Å². The molecule has 1 heterocycles. The molecule has 7 heteroatoms. The van der Waals surface area contributed by atoms with Crippen LogP contribution in [0.2, 0.25) is 5.02 Å². The quantitative estimate of drug-likeness (QED) is 0.681. The number of nitrogens with two attached hydrogens (primary N) is 1. The molecule has 4 N–H and O–H groups in total. The summed E-state index contributed by atoms with van der Waals surface area (Å²) in [5.41, 5.74) is 7.94. The maximum absolute atomic E-state index is 9.55. The molecule has 0 fully saturated rings. The molecule has 1 aromatic heterocycles. The third kappa shape index (κ3) is 8.10. The van der Waals surface area contributed by atoms with Crippen LogP contribution < -0.4 is 5.73 Å². The maximum Gasteiger partial charge on any atom is 0.328 e. The summed E-state index contributed by atoms with van der Waals surface area (Å²) in [5.74, 6) is -2.27. The van der Waals surface area contributed by atoms with Crippen LogP contribution in [-0.4, -0.2) is 33.7 Å². The lowest BCUT2D eigenvalue weighted by atomic mass is 9.92. The van der Waals surface area contributed by atoms with Crippen LogP contribution in [0.3, 0.4) is 0 Å². The normalized spacial score (nSPS) is 11.4. The first-order valence-electron chi connectivity index (χ1n) is 7.44. The highest BCUT2D eigenvalue weighted by atomic mass is 35.5. The molecule has 6 nitrogen and oxygen atoms in total. The molecule has 0 amide bonds. The number of pyridine rings is 1. The maximum atomic E-state index is 9.55. The summed E-state index contributed by atoms with van der Waals surface area (Å²) in [6.07, 6.45) is 3.82. The number of rotatable bonds is 6. The SMILES string of the molecule is NCCC(c1ccc(Cl)cc1)c1ccccn1.O=C(O)C=CC(=O)O. The van der Waals surface area contributed by atoms with Crippen LogP contribution in [0, 0.1) is 0 Å². The number of nitrogens with zero attached hydrogens (tertiary/aromatic N) is 1. The molecular weight excluding hydrogens is 344 g/mol. The van der Waals surface area contributed by atoms with Gasteiger partial charge in [-0.3, -0.25) is 4.98 Å². The predicted molar refractivity (Wildman–Crippen MR) is 95.6 cm³/mol. The van der Waals surface area contributed by atoms with E-state index in [-0.39, 0.29) is 5.92 Å². The van der Waals surface area contributed by atoms with Crippen molar-refractivity contribution >= 4 is 23.5 Å². The molecule has 1 aromatic carbocycles. The van der Waals surface area contributed by atoms with Crippen LogP contribution in [0.4, 0.5) is 0 Å². The summed E-state index contributed by atoms with van der Waals surface area (Å²) in [6, 6.07) is 13.9. The summed E-state index contributed by atoms with van der Waals surface area (Å²) in [6.45, 7) is 0.643. The fourth-order valence-electron chi connectivity index (χ4n) is 2.07. The van der Waals surface area contributed by atoms with Crippen molar-refractivity contribution in [2.45, 2.75) is 12.3 Å². The van der Waals surface area contributed by atoms with Gasteiger partial charge in [0.25, 0.3) is 0 Å². The highest BCUT2D eigenvalue weighted by Gasteiger charge is 2.14. The van der Waals surface area contributed by atoms with Gasteiger partial charge < -0.3 is 15.9 Å². The lowest BCUT2D eigenvalue weighted by molar-refractivity contribution is -0.134. The fraction of sp³-hybridized carbons (Fsp3) is 0.167. The minimum atomic E-state index is -1.26. The van der Waals surface area contributed by atoms with Crippen molar-refractivity contribution < 1.29 is 19.8 Å². The zero-order chi connectivity index (χ0) is 18.7. The molecule has 0 aliphatic heterocycles. The smallest absolute Gasteiger partial charge is 0.328 e. The van der Waals surface area contributed by atoms with Crippen LogP contribution in [0.25, 0.3) is 0 Å². The minimum Gasteiger partial charge on any atom is -0.478 e. The van der Waals surface area contributed by atoms with E-state index in [4.69, 9.17) is 27.5 Å². The lowest BCUT2D eigenvalue weighted by Gasteiger charge is -2.16. The number of aromatic nitrogens is 1. The van der Waals surface area contributed by atoms with E-state index in [1.165, 1.54) is 5.56 Å². The zero-order valence-electron chi connectivity index (χ0n) is 13.4. The van der Waals surface area contributed by atoms with Gasteiger partial charge in [-0.1, -0.05) is 29.8 Å². The first-order valence-corrected chi connectivity index (χ1v) is 7.82. The zero-order valence-corrected chi connectivity index (χ0v) is 14.1. The number of halogens is 1. The van der Waals surface area contributed by atoms with E-state index in [2.05, 4.69) is 4.98 Å². The Labute approximate surface area is 150 Å². The van der Waals surface area contributed by atoms with E-state index in [1.54, 1.807) is 0 Å². The number of hydrogen-bond acceptors (Lipinski definition) is 4. The van der Waals surface area contributed by atoms with E-state index in [0.717, 1.165) is 17.1 Å². The van der Waals surface area contributed by atoms with Crippen molar-refractivity contribution in [2.24, 2.45) is 5.73 Å². The topological polar surface area (TPSA) is 114 Å². The van der Waals surface area contributed by atoms with Gasteiger partial charge in [-0.2, -0.15) is 0 Å². The van der Waals surface area contributed by atoms with Crippen LogP contribution >= 0.6 is 11.6 Å². The van der Waals surface area contributed by atoms with E-state index in [1.807, 2.05) is 48.7 Å². The molecule has 132 valence electrons. The predicted octanol–water partition coefficient (Wildman–Crippen LogP) is 2.93. The summed E-state index contributed by atoms with van der Waals surface area (Å²) in [4.78, 5) is 23.5. The fourth-order valence-corrected chi connectivity index (χ4v) is 2.20. The third-order valence-electron chi connectivity index (χ3n) is 3.14. The van der Waals surface area contributed by atoms with Crippen molar-refractivity contribution in [2.75, 3.05) is 6.54 Å². The van der Waals surface area contributed by atoms with Gasteiger partial charge in [0.05, 0.1) is 0 Å². The summed E-state index contributed by atoms with van der Waals surface area (Å²) in [7, 11) is 0. The van der Waals surface area contributed by atoms with Gasteiger partial charge in [-0.05, 0) is 42.8 Å². The second kappa shape index (κ2) is 11.0. The molecule has 1 unspecified atom stereocenters. The van der Waals surface area contributed by atoms with E-state index in [0.29, 0.717) is 18.7 Å². The standard InChI is InChI=1S/C14H15ClN2.C4H4O4/c15-12-6-4-11(5-7-12)13(8-9-16)14-3-1-2-10-17-14;5-3(6)1-2-4(7)8/h1-7,10,13H,8-9,16H2;1-2H,(H,5,6)(H,7,8). The van der Waals surface area contributed by atoms with Crippen molar-refractivity contribution in [3.63, 3.8) is 0 Å². The molecule has 2 aromatic rings. The molecule has 0 aliphatic rings. The molecule has 0 saturated heterocycles. The molecule has 25 heavy (non-hydrogen) atoms. The average molecular weight is 363 g/mol. The van der Waals surface area contributed by atoms with Gasteiger partial charge in [0, 0.05) is 35.0 Å². The Kier molecular flexibility index (Phi) is 8.92. The average Bonchev–Trinajstić information content (AvgIpc) is 2.60. The molecule has 0 spiro atoms. The minimum absolute atomic E-state index is 0.249. The largest absolute Gasteiger partial charge is 0.478 e. The van der Waals surface area contributed by atoms with Gasteiger partial charge in [0.1, 0.15) is 0 Å². The first kappa shape index (κ1) is 20.3. The monoisotopic (exact) mass is 362 g/mol. The van der Waals surface area contributed by atoms with Gasteiger partial charge >= 0.3 is 11.9 Å². The number of carboxylic acids is 2. The van der Waals surface area contributed by atoms with E-state index >= 15 is 0 Å². The number of benzene rings is 1. The molecule has 0 aliphatic carbocycles. The third-order valence-corrected chi connectivity index (χ3v) is 3.39. The van der Waals surface area contributed by atoms with E-state index < -0.39 is 11.9 Å². The van der Waals surface area contributed by atoms with Crippen LogP contribution in [0.5, 0.6) is 0 Å². The van der Waals surface area contributed by atoms with Gasteiger partial charge in [0.15, 0.2) is 0 Å². The second-order valence-corrected chi connectivity index (χ2v) is 5.38. The highest BCUT2D eigenvalue weighted by molar-refractivity contribution is 6.30. The van der Waals surface area contributed by atoms with Crippen molar-refractivity contribution in [3.8, 4) is 0 Å². The summed E-state index contributed by atoms with van der Waals surface area (Å²) >= 11 is 5.90. The lowest BCUT2D eigenvalue weighted by Crippen LogP contribution is -2.10. The van der Waals surface area contributed by atoms with Crippen molar-refractivity contribution in [3.05, 3.63) is 77.1 Å². The van der Waals surface area contributed by atoms with Gasteiger partial charge in [0.2, 0.25) is 0 Å². The molecule has 0 bridgehead atoms. The van der Waals surface area contributed by atoms with Crippen LogP contribution in [-0.2, 0) is 9.59 Å². The Morgan fingerprint density at radius 3 is 2.12 bits per heavy atom. The molecule has 0 radical (unpaired) electrons. The van der Waals surface area contributed by atoms with Crippen molar-refractivity contribution in [1.29, 1.82) is 0 Å². The Morgan fingerprint density at radius 1 is 1.08 bits per heavy atom. The first-order chi connectivity index (χ1) is 11.9. The number of carbonyl (C=O) groups is 2. The molecule has 1 atom stereocenters. The highest BCUT2D eigenvalue weighted by Crippen LogP contribution is 2.26. The molecule has 2 rings (SSSR count). The van der Waals surface area contributed by atoms with Crippen molar-refractivity contribution in [1.82, 2.24) is 4.98 Å². The Morgan fingerprint density at radius 2 is 1.68 bits per heavy atom. The molecule has 0 saturated carbocycles. The molecular formula is C18H19ClN2O4. The van der Waals surface area contributed by atoms with Gasteiger partial charge in [-0.15, -0.1) is 0 Å². The van der Waals surface area contributed by atoms with E-state index in [9.17, 15) is 9.59 Å². The Hall–Kier alpha value is -2.70. The Balaban J connectivity index is 0.000000333. The number of hydrogen-bond donors (Lipinski definition) is 3. The number of aliphatic carboxylic acids is 2. The second-order valence-electron chi connectivity index (χ2n) is 4.95. The summed E-state index contributed by atoms with van der Waals surface area (Å²) < 4.78 is 0. The van der Waals surface area contributed by atoms with Crippen LogP contribution in [0.1, 0.15) is 23.6 Å². The number of carboxylic acid groups (broad SMARTS) is 2. The van der Waals surface area contributed by atoms with Crippen LogP contribution in [0.15, 0.2) is 60.8 Å².